The number of carbonyl (C=O) groups excluding carboxylic acids is 1. The van der Waals surface area contributed by atoms with E-state index in [9.17, 15) is 4.79 Å². The molecule has 0 aliphatic rings. The summed E-state index contributed by atoms with van der Waals surface area (Å²) in [4.78, 5) is 18.6. The van der Waals surface area contributed by atoms with Crippen LogP contribution in [0, 0.1) is 0 Å². The lowest BCUT2D eigenvalue weighted by atomic mass is 10.1. The molecule has 0 spiro atoms. The molecule has 0 unspecified atom stereocenters. The molecule has 5 heteroatoms. The number of hydrogen-bond acceptors (Lipinski definition) is 3. The number of nitrogens with one attached hydrogen (secondary N) is 1. The third-order valence-corrected chi connectivity index (χ3v) is 3.97. The molecule has 1 aromatic carbocycles. The topological polar surface area (TPSA) is 54.5 Å². The molecular weight excluding hydrogens is 314 g/mol. The number of pyridine rings is 1. The minimum atomic E-state index is -0.104. The molecule has 1 N–H and O–H groups in total. The zero-order valence-electron chi connectivity index (χ0n) is 15.2. The third kappa shape index (κ3) is 6.19. The molecule has 2 aromatic rings. The van der Waals surface area contributed by atoms with Crippen LogP contribution < -0.4 is 5.32 Å². The zero-order valence-corrected chi connectivity index (χ0v) is 15.2. The number of amides is 2. The van der Waals surface area contributed by atoms with Gasteiger partial charge in [0.2, 0.25) is 0 Å². The maximum absolute atomic E-state index is 12.7. The molecule has 0 saturated carbocycles. The molecule has 0 aliphatic heterocycles. The van der Waals surface area contributed by atoms with E-state index in [-0.39, 0.29) is 12.1 Å². The standard InChI is InChI=1S/C20H27N3O2/c1-4-17-7-9-18(10-8-17)13-23(14-19-6-5-11-21-12-19)20(24)22-16(2)15-25-3/h5-12,16H,4,13-15H2,1-3H3,(H,22,24)/t16-/m1/s1. The molecule has 0 fully saturated rings. The molecule has 0 saturated heterocycles. The fourth-order valence-corrected chi connectivity index (χ4v) is 2.61. The first-order valence-corrected chi connectivity index (χ1v) is 8.63. The summed E-state index contributed by atoms with van der Waals surface area (Å²) in [5.41, 5.74) is 3.40. The predicted molar refractivity (Wildman–Crippen MR) is 99.2 cm³/mol. The normalized spacial score (nSPS) is 11.8. The van der Waals surface area contributed by atoms with Gasteiger partial charge in [0.05, 0.1) is 12.6 Å². The van der Waals surface area contributed by atoms with Crippen molar-refractivity contribution in [3.63, 3.8) is 0 Å². The minimum Gasteiger partial charge on any atom is -0.383 e. The number of nitrogens with zero attached hydrogens (tertiary/aromatic N) is 2. The smallest absolute Gasteiger partial charge is 0.318 e. The summed E-state index contributed by atoms with van der Waals surface area (Å²) in [5, 5.41) is 2.99. The Labute approximate surface area is 150 Å². The highest BCUT2D eigenvalue weighted by Gasteiger charge is 2.17. The quantitative estimate of drug-likeness (QED) is 0.801. The van der Waals surface area contributed by atoms with Crippen LogP contribution in [0.1, 0.15) is 30.5 Å². The lowest BCUT2D eigenvalue weighted by molar-refractivity contribution is 0.156. The van der Waals surface area contributed by atoms with Gasteiger partial charge >= 0.3 is 6.03 Å². The van der Waals surface area contributed by atoms with E-state index in [1.807, 2.05) is 19.1 Å². The Morgan fingerprint density at radius 2 is 1.84 bits per heavy atom. The zero-order chi connectivity index (χ0) is 18.1. The number of aryl methyl sites for hydroxylation is 1. The number of aromatic nitrogens is 1. The molecule has 2 rings (SSSR count). The number of hydrogen-bond donors (Lipinski definition) is 1. The summed E-state index contributed by atoms with van der Waals surface area (Å²) in [6.45, 7) is 5.60. The highest BCUT2D eigenvalue weighted by Crippen LogP contribution is 2.12. The maximum Gasteiger partial charge on any atom is 0.318 e. The van der Waals surface area contributed by atoms with E-state index in [1.165, 1.54) is 5.56 Å². The van der Waals surface area contributed by atoms with Gasteiger partial charge < -0.3 is 15.0 Å². The molecular formula is C20H27N3O2. The molecule has 1 atom stereocenters. The van der Waals surface area contributed by atoms with Crippen LogP contribution in [0.2, 0.25) is 0 Å². The second kappa shape index (κ2) is 9.79. The van der Waals surface area contributed by atoms with Gasteiger partial charge in [0.1, 0.15) is 0 Å². The Kier molecular flexibility index (Phi) is 7.41. The van der Waals surface area contributed by atoms with Crippen LogP contribution in [0.15, 0.2) is 48.8 Å². The summed E-state index contributed by atoms with van der Waals surface area (Å²) >= 11 is 0. The van der Waals surface area contributed by atoms with Crippen molar-refractivity contribution in [1.29, 1.82) is 0 Å². The number of rotatable bonds is 8. The fourth-order valence-electron chi connectivity index (χ4n) is 2.61. The number of carbonyl (C=O) groups is 1. The Morgan fingerprint density at radius 3 is 2.44 bits per heavy atom. The number of ether oxygens (including phenoxy) is 1. The van der Waals surface area contributed by atoms with Crippen molar-refractivity contribution >= 4 is 6.03 Å². The lowest BCUT2D eigenvalue weighted by Crippen LogP contribution is -2.44. The summed E-state index contributed by atoms with van der Waals surface area (Å²) in [5.74, 6) is 0. The summed E-state index contributed by atoms with van der Waals surface area (Å²) in [6.07, 6.45) is 4.53. The van der Waals surface area contributed by atoms with E-state index in [2.05, 4.69) is 41.5 Å². The van der Waals surface area contributed by atoms with Gasteiger partial charge in [-0.05, 0) is 36.1 Å². The van der Waals surface area contributed by atoms with E-state index in [4.69, 9.17) is 4.74 Å². The van der Waals surface area contributed by atoms with E-state index in [1.54, 1.807) is 24.4 Å². The lowest BCUT2D eigenvalue weighted by Gasteiger charge is -2.25. The molecule has 0 aliphatic carbocycles. The van der Waals surface area contributed by atoms with Crippen LogP contribution in [0.5, 0.6) is 0 Å². The first-order chi connectivity index (χ1) is 12.1. The van der Waals surface area contributed by atoms with Crippen LogP contribution in [0.4, 0.5) is 4.79 Å². The number of methoxy groups -OCH3 is 1. The minimum absolute atomic E-state index is 0.0450. The van der Waals surface area contributed by atoms with Crippen molar-refractivity contribution in [2.24, 2.45) is 0 Å². The monoisotopic (exact) mass is 341 g/mol. The molecule has 25 heavy (non-hydrogen) atoms. The fraction of sp³-hybridized carbons (Fsp3) is 0.400. The van der Waals surface area contributed by atoms with E-state index < -0.39 is 0 Å². The van der Waals surface area contributed by atoms with Crippen molar-refractivity contribution in [2.45, 2.75) is 39.4 Å². The average molecular weight is 341 g/mol. The van der Waals surface area contributed by atoms with Crippen LogP contribution in [-0.4, -0.2) is 35.7 Å². The molecule has 0 radical (unpaired) electrons. The summed E-state index contributed by atoms with van der Waals surface area (Å²) in [6, 6.07) is 12.1. The van der Waals surface area contributed by atoms with E-state index in [0.29, 0.717) is 19.7 Å². The molecule has 0 bridgehead atoms. The Morgan fingerprint density at radius 1 is 1.16 bits per heavy atom. The van der Waals surface area contributed by atoms with Gasteiger partial charge in [0.25, 0.3) is 0 Å². The molecule has 2 amide bonds. The third-order valence-electron chi connectivity index (χ3n) is 3.97. The van der Waals surface area contributed by atoms with Gasteiger partial charge in [0, 0.05) is 32.6 Å². The van der Waals surface area contributed by atoms with Gasteiger partial charge in [-0.25, -0.2) is 4.79 Å². The van der Waals surface area contributed by atoms with Crippen molar-refractivity contribution < 1.29 is 9.53 Å². The van der Waals surface area contributed by atoms with E-state index >= 15 is 0 Å². The van der Waals surface area contributed by atoms with Gasteiger partial charge in [-0.1, -0.05) is 37.3 Å². The molecule has 1 aromatic heterocycles. The van der Waals surface area contributed by atoms with Crippen LogP contribution >= 0.6 is 0 Å². The van der Waals surface area contributed by atoms with Crippen molar-refractivity contribution in [1.82, 2.24) is 15.2 Å². The summed E-state index contributed by atoms with van der Waals surface area (Å²) < 4.78 is 5.10. The SMILES string of the molecule is CCc1ccc(CN(Cc2cccnc2)C(=O)N[C@H](C)COC)cc1. The largest absolute Gasteiger partial charge is 0.383 e. The maximum atomic E-state index is 12.7. The highest BCUT2D eigenvalue weighted by molar-refractivity contribution is 5.74. The molecule has 134 valence electrons. The first-order valence-electron chi connectivity index (χ1n) is 8.63. The Hall–Kier alpha value is -2.40. The van der Waals surface area contributed by atoms with Crippen LogP contribution in [-0.2, 0) is 24.2 Å². The van der Waals surface area contributed by atoms with Crippen molar-refractivity contribution in [3.05, 3.63) is 65.5 Å². The second-order valence-corrected chi connectivity index (χ2v) is 6.19. The van der Waals surface area contributed by atoms with Gasteiger partial charge in [-0.2, -0.15) is 0 Å². The van der Waals surface area contributed by atoms with Crippen molar-refractivity contribution in [2.75, 3.05) is 13.7 Å². The van der Waals surface area contributed by atoms with E-state index in [0.717, 1.165) is 17.5 Å². The van der Waals surface area contributed by atoms with Gasteiger partial charge in [-0.15, -0.1) is 0 Å². The highest BCUT2D eigenvalue weighted by atomic mass is 16.5. The molecule has 1 heterocycles. The van der Waals surface area contributed by atoms with Gasteiger partial charge in [0.15, 0.2) is 0 Å². The first kappa shape index (κ1) is 18.9. The predicted octanol–water partition coefficient (Wildman–Crippen LogP) is 3.39. The average Bonchev–Trinajstić information content (AvgIpc) is 2.63. The van der Waals surface area contributed by atoms with Gasteiger partial charge in [-0.3, -0.25) is 4.98 Å². The summed E-state index contributed by atoms with van der Waals surface area (Å²) in [7, 11) is 1.63. The molecule has 5 nitrogen and oxygen atoms in total. The number of benzene rings is 1. The Balaban J connectivity index is 2.11. The second-order valence-electron chi connectivity index (χ2n) is 6.19. The number of urea groups is 1. The van der Waals surface area contributed by atoms with Crippen molar-refractivity contribution in [3.8, 4) is 0 Å². The Bertz CT molecular complexity index is 644. The van der Waals surface area contributed by atoms with Crippen LogP contribution in [0.3, 0.4) is 0 Å². The van der Waals surface area contributed by atoms with Crippen LogP contribution in [0.25, 0.3) is 0 Å².